The van der Waals surface area contributed by atoms with Gasteiger partial charge in [-0.05, 0) is 35.6 Å². The predicted octanol–water partition coefficient (Wildman–Crippen LogP) is 3.30. The molecule has 1 aliphatic rings. The minimum Gasteiger partial charge on any atom is -0.446 e. The summed E-state index contributed by atoms with van der Waals surface area (Å²) in [5, 5.41) is 8.86. The van der Waals surface area contributed by atoms with Crippen LogP contribution in [0.2, 0.25) is 0 Å². The van der Waals surface area contributed by atoms with E-state index in [0.717, 1.165) is 60.4 Å². The van der Waals surface area contributed by atoms with Crippen LogP contribution in [0.4, 0.5) is 10.5 Å². The highest BCUT2D eigenvalue weighted by Crippen LogP contribution is 2.28. The zero-order chi connectivity index (χ0) is 28.2. The zero-order valence-corrected chi connectivity index (χ0v) is 22.6. The van der Waals surface area contributed by atoms with Gasteiger partial charge in [-0.25, -0.2) is 4.79 Å². The number of rotatable bonds is 12. The van der Waals surface area contributed by atoms with Crippen LogP contribution in [-0.4, -0.2) is 61.6 Å². The molecule has 1 fully saturated rings. The molecule has 1 aliphatic heterocycles. The normalized spacial score (nSPS) is 13.9. The number of carbonyl (C=O) groups excluding carboxylic acids is 3. The van der Waals surface area contributed by atoms with E-state index in [9.17, 15) is 14.4 Å². The van der Waals surface area contributed by atoms with E-state index < -0.39 is 12.0 Å². The molecule has 0 bridgehead atoms. The summed E-state index contributed by atoms with van der Waals surface area (Å²) in [6, 6.07) is 25.3. The van der Waals surface area contributed by atoms with Crippen LogP contribution in [0, 0.1) is 0 Å². The summed E-state index contributed by atoms with van der Waals surface area (Å²) in [4.78, 5) is 38.1. The molecule has 0 spiro atoms. The van der Waals surface area contributed by atoms with E-state index in [2.05, 4.69) is 20.9 Å². The number of hydrogen-bond donors (Lipinski definition) is 4. The number of nitrogens with one attached hydrogen (secondary N) is 3. The van der Waals surface area contributed by atoms with Crippen molar-refractivity contribution < 1.29 is 19.1 Å². The fraction of sp³-hybridized carbons (Fsp3) is 0.323. The smallest absolute Gasteiger partial charge is 0.411 e. The molecule has 0 radical (unpaired) electrons. The number of benzene rings is 3. The number of hydrogen-bond acceptors (Lipinski definition) is 6. The highest BCUT2D eigenvalue weighted by atomic mass is 16.6. The van der Waals surface area contributed by atoms with Gasteiger partial charge in [0.25, 0.3) is 0 Å². The van der Waals surface area contributed by atoms with Gasteiger partial charge in [-0.2, -0.15) is 0 Å². The number of likely N-dealkylation sites (tertiary alicyclic amines) is 1. The van der Waals surface area contributed by atoms with Crippen LogP contribution >= 0.6 is 0 Å². The molecule has 210 valence electrons. The molecule has 0 aromatic heterocycles. The lowest BCUT2D eigenvalue weighted by Crippen LogP contribution is -2.42. The van der Waals surface area contributed by atoms with Crippen LogP contribution in [0.5, 0.6) is 0 Å². The third kappa shape index (κ3) is 9.21. The van der Waals surface area contributed by atoms with Crippen LogP contribution in [0.3, 0.4) is 0 Å². The Labute approximate surface area is 235 Å². The maximum Gasteiger partial charge on any atom is 0.411 e. The van der Waals surface area contributed by atoms with E-state index in [1.807, 2.05) is 78.9 Å². The molecule has 9 nitrogen and oxygen atoms in total. The molecule has 3 amide bonds. The Kier molecular flexibility index (Phi) is 10.7. The Hall–Kier alpha value is -4.21. The van der Waals surface area contributed by atoms with Crippen molar-refractivity contribution in [3.63, 3.8) is 0 Å². The molecule has 3 aromatic rings. The van der Waals surface area contributed by atoms with Gasteiger partial charge in [-0.3, -0.25) is 14.9 Å². The van der Waals surface area contributed by atoms with Gasteiger partial charge >= 0.3 is 6.09 Å². The van der Waals surface area contributed by atoms with Gasteiger partial charge in [0.15, 0.2) is 0 Å². The van der Waals surface area contributed by atoms with Crippen molar-refractivity contribution in [1.82, 2.24) is 15.5 Å². The SMILES string of the molecule is NC(=O)CNCc1ccc(CC(=O)NCCN2CCC(OC(=O)Nc3ccccc3-c3ccccc3)CC2)cc1. The van der Waals surface area contributed by atoms with E-state index in [-0.39, 0.29) is 18.6 Å². The molecule has 4 rings (SSSR count). The molecule has 0 atom stereocenters. The van der Waals surface area contributed by atoms with Crippen molar-refractivity contribution in [3.8, 4) is 11.1 Å². The van der Waals surface area contributed by atoms with Crippen molar-refractivity contribution in [3.05, 3.63) is 90.0 Å². The van der Waals surface area contributed by atoms with Gasteiger partial charge in [-0.1, -0.05) is 72.8 Å². The lowest BCUT2D eigenvalue weighted by atomic mass is 10.0. The molecule has 3 aromatic carbocycles. The molecule has 0 aliphatic carbocycles. The highest BCUT2D eigenvalue weighted by Gasteiger charge is 2.22. The Balaban J connectivity index is 1.12. The average Bonchev–Trinajstić information content (AvgIpc) is 2.95. The number of amides is 3. The topological polar surface area (TPSA) is 126 Å². The number of piperidine rings is 1. The standard InChI is InChI=1S/C31H37N5O4/c32-29(37)22-33-21-24-12-10-23(11-13-24)20-30(38)34-16-19-36-17-14-26(15-18-36)40-31(39)35-28-9-5-4-8-27(28)25-6-2-1-3-7-25/h1-13,26,33H,14-22H2,(H2,32,37)(H,34,38)(H,35,39). The van der Waals surface area contributed by atoms with Gasteiger partial charge in [0.05, 0.1) is 18.7 Å². The lowest BCUT2D eigenvalue weighted by Gasteiger charge is -2.31. The molecule has 5 N–H and O–H groups in total. The Morgan fingerprint density at radius 1 is 0.875 bits per heavy atom. The first kappa shape index (κ1) is 28.8. The summed E-state index contributed by atoms with van der Waals surface area (Å²) >= 11 is 0. The number of anilines is 1. The van der Waals surface area contributed by atoms with E-state index in [1.54, 1.807) is 0 Å². The second-order valence-electron chi connectivity index (χ2n) is 9.90. The molecule has 9 heteroatoms. The second kappa shape index (κ2) is 14.8. The monoisotopic (exact) mass is 543 g/mol. The van der Waals surface area contributed by atoms with Crippen molar-refractivity contribution >= 4 is 23.6 Å². The van der Waals surface area contributed by atoms with Crippen LogP contribution < -0.4 is 21.7 Å². The molecular formula is C31H37N5O4. The Bertz CT molecular complexity index is 1260. The number of nitrogens with zero attached hydrogens (tertiary/aromatic N) is 1. The number of ether oxygens (including phenoxy) is 1. The number of primary amides is 1. The van der Waals surface area contributed by atoms with Gasteiger partial charge in [0, 0.05) is 38.3 Å². The van der Waals surface area contributed by atoms with Crippen molar-refractivity contribution in [2.24, 2.45) is 5.73 Å². The first-order valence-corrected chi connectivity index (χ1v) is 13.6. The first-order valence-electron chi connectivity index (χ1n) is 13.6. The molecule has 0 saturated carbocycles. The molecule has 1 saturated heterocycles. The number of para-hydroxylation sites is 1. The van der Waals surface area contributed by atoms with Crippen LogP contribution in [-0.2, 0) is 27.3 Å². The minimum atomic E-state index is -0.441. The summed E-state index contributed by atoms with van der Waals surface area (Å²) in [7, 11) is 0. The van der Waals surface area contributed by atoms with Crippen molar-refractivity contribution in [1.29, 1.82) is 0 Å². The quantitative estimate of drug-likeness (QED) is 0.278. The first-order chi connectivity index (χ1) is 19.5. The third-order valence-electron chi connectivity index (χ3n) is 6.82. The Morgan fingerprint density at radius 3 is 2.27 bits per heavy atom. The van der Waals surface area contributed by atoms with E-state index in [0.29, 0.717) is 19.5 Å². The van der Waals surface area contributed by atoms with Gasteiger partial charge in [-0.15, -0.1) is 0 Å². The van der Waals surface area contributed by atoms with Crippen LogP contribution in [0.1, 0.15) is 24.0 Å². The van der Waals surface area contributed by atoms with Gasteiger partial charge in [0.2, 0.25) is 11.8 Å². The van der Waals surface area contributed by atoms with Crippen LogP contribution in [0.25, 0.3) is 11.1 Å². The fourth-order valence-corrected chi connectivity index (χ4v) is 4.71. The molecule has 0 unspecified atom stereocenters. The van der Waals surface area contributed by atoms with Gasteiger partial charge < -0.3 is 26.0 Å². The third-order valence-corrected chi connectivity index (χ3v) is 6.82. The van der Waals surface area contributed by atoms with Crippen molar-refractivity contribution in [2.75, 3.05) is 38.0 Å². The lowest BCUT2D eigenvalue weighted by molar-refractivity contribution is -0.120. The number of nitrogens with two attached hydrogens (primary N) is 1. The molecular weight excluding hydrogens is 506 g/mol. The summed E-state index contributed by atoms with van der Waals surface area (Å²) in [5.74, 6) is -0.416. The zero-order valence-electron chi connectivity index (χ0n) is 22.6. The van der Waals surface area contributed by atoms with E-state index in [4.69, 9.17) is 10.5 Å². The predicted molar refractivity (Wildman–Crippen MR) is 156 cm³/mol. The number of carbonyl (C=O) groups is 3. The van der Waals surface area contributed by atoms with Crippen molar-refractivity contribution in [2.45, 2.75) is 31.9 Å². The average molecular weight is 544 g/mol. The summed E-state index contributed by atoms with van der Waals surface area (Å²) in [5.41, 5.74) is 9.77. The summed E-state index contributed by atoms with van der Waals surface area (Å²) in [6.07, 6.45) is 1.24. The maximum absolute atomic E-state index is 12.6. The van der Waals surface area contributed by atoms with E-state index >= 15 is 0 Å². The minimum absolute atomic E-state index is 0.0229. The summed E-state index contributed by atoms with van der Waals surface area (Å²) in [6.45, 7) is 3.60. The highest BCUT2D eigenvalue weighted by molar-refractivity contribution is 5.91. The Morgan fingerprint density at radius 2 is 1.55 bits per heavy atom. The second-order valence-corrected chi connectivity index (χ2v) is 9.90. The maximum atomic E-state index is 12.6. The largest absolute Gasteiger partial charge is 0.446 e. The van der Waals surface area contributed by atoms with Crippen LogP contribution in [0.15, 0.2) is 78.9 Å². The fourth-order valence-electron chi connectivity index (χ4n) is 4.71. The van der Waals surface area contributed by atoms with E-state index in [1.165, 1.54) is 0 Å². The summed E-state index contributed by atoms with van der Waals surface area (Å²) < 4.78 is 5.71. The molecule has 1 heterocycles. The van der Waals surface area contributed by atoms with Gasteiger partial charge in [0.1, 0.15) is 6.10 Å². The molecule has 40 heavy (non-hydrogen) atoms.